The molecule has 0 spiro atoms. The zero-order valence-electron chi connectivity index (χ0n) is 15.3. The first-order chi connectivity index (χ1) is 13.1. The summed E-state index contributed by atoms with van der Waals surface area (Å²) < 4.78 is 0. The predicted octanol–water partition coefficient (Wildman–Crippen LogP) is 4.25. The van der Waals surface area contributed by atoms with Crippen LogP contribution in [0, 0.1) is 0 Å². The van der Waals surface area contributed by atoms with Gasteiger partial charge >= 0.3 is 5.97 Å². The molecule has 1 N–H and O–H groups in total. The molecule has 0 aliphatic carbocycles. The van der Waals surface area contributed by atoms with E-state index in [-0.39, 0.29) is 12.4 Å². The number of hydrogen-bond acceptors (Lipinski definition) is 4. The molecule has 0 unspecified atom stereocenters. The molecule has 2 aromatic carbocycles. The summed E-state index contributed by atoms with van der Waals surface area (Å²) in [4.78, 5) is 18.7. The largest absolute Gasteiger partial charge is 0.478 e. The second-order valence-corrected chi connectivity index (χ2v) is 6.63. The molecule has 7 heteroatoms. The van der Waals surface area contributed by atoms with Crippen molar-refractivity contribution in [2.24, 2.45) is 5.16 Å². The summed E-state index contributed by atoms with van der Waals surface area (Å²) >= 11 is 6.34. The van der Waals surface area contributed by atoms with Crippen molar-refractivity contribution >= 4 is 35.7 Å². The molecule has 0 saturated carbocycles. The zero-order chi connectivity index (χ0) is 19.1. The number of carboxylic acids is 1. The Bertz CT molecular complexity index is 854. The van der Waals surface area contributed by atoms with Gasteiger partial charge in [0.15, 0.2) is 0 Å². The molecular weight excluding hydrogens is 399 g/mol. The number of oxime groups is 1. The summed E-state index contributed by atoms with van der Waals surface area (Å²) in [6.07, 6.45) is 2.52. The van der Waals surface area contributed by atoms with Gasteiger partial charge in [0.1, 0.15) is 12.3 Å². The Kier molecular flexibility index (Phi) is 8.51. The number of nitrogens with zero attached hydrogens (tertiary/aromatic N) is 2. The van der Waals surface area contributed by atoms with Crippen LogP contribution in [0.15, 0.2) is 71.4 Å². The van der Waals surface area contributed by atoms with Gasteiger partial charge < -0.3 is 9.94 Å². The number of carboxylic acid groups (broad SMARTS) is 1. The first-order valence-electron chi connectivity index (χ1n) is 8.80. The molecule has 3 rings (SSSR count). The number of aliphatic carboxylic acids is 1. The maximum Gasteiger partial charge on any atom is 0.332 e. The van der Waals surface area contributed by atoms with Crippen LogP contribution in [-0.4, -0.2) is 47.9 Å². The SMILES string of the molecule is Cl.O=C(O)C1=CCCN(CCO/N=C(\c2ccccc2)c2ccccc2Cl)C1. The monoisotopic (exact) mass is 420 g/mol. The van der Waals surface area contributed by atoms with E-state index in [0.717, 1.165) is 24.1 Å². The Labute approximate surface area is 175 Å². The maximum atomic E-state index is 11.1. The van der Waals surface area contributed by atoms with Gasteiger partial charge in [0.25, 0.3) is 0 Å². The second kappa shape index (κ2) is 10.9. The van der Waals surface area contributed by atoms with E-state index in [1.807, 2.05) is 54.6 Å². The lowest BCUT2D eigenvalue weighted by atomic mass is 10.0. The molecule has 5 nitrogen and oxygen atoms in total. The predicted molar refractivity (Wildman–Crippen MR) is 114 cm³/mol. The smallest absolute Gasteiger partial charge is 0.332 e. The Morgan fingerprint density at radius 2 is 1.86 bits per heavy atom. The Morgan fingerprint density at radius 3 is 2.57 bits per heavy atom. The maximum absolute atomic E-state index is 11.1. The second-order valence-electron chi connectivity index (χ2n) is 6.22. The lowest BCUT2D eigenvalue weighted by Crippen LogP contribution is -2.34. The van der Waals surface area contributed by atoms with Crippen LogP contribution in [0.2, 0.25) is 5.02 Å². The Balaban J connectivity index is 0.00000280. The minimum atomic E-state index is -0.858. The van der Waals surface area contributed by atoms with Crippen molar-refractivity contribution in [1.82, 2.24) is 4.90 Å². The van der Waals surface area contributed by atoms with Gasteiger partial charge in [-0.15, -0.1) is 12.4 Å². The van der Waals surface area contributed by atoms with Gasteiger partial charge in [-0.3, -0.25) is 4.90 Å². The Morgan fingerprint density at radius 1 is 1.14 bits per heavy atom. The first-order valence-corrected chi connectivity index (χ1v) is 9.18. The molecule has 0 radical (unpaired) electrons. The number of hydrogen-bond donors (Lipinski definition) is 1. The van der Waals surface area contributed by atoms with E-state index in [4.69, 9.17) is 21.5 Å². The van der Waals surface area contributed by atoms with Crippen LogP contribution in [-0.2, 0) is 9.63 Å². The summed E-state index contributed by atoms with van der Waals surface area (Å²) in [6, 6.07) is 17.3. The lowest BCUT2D eigenvalue weighted by molar-refractivity contribution is -0.133. The van der Waals surface area contributed by atoms with Crippen molar-refractivity contribution in [3.8, 4) is 0 Å². The van der Waals surface area contributed by atoms with E-state index < -0.39 is 5.97 Å². The van der Waals surface area contributed by atoms with Crippen molar-refractivity contribution in [3.63, 3.8) is 0 Å². The highest BCUT2D eigenvalue weighted by atomic mass is 35.5. The highest BCUT2D eigenvalue weighted by molar-refractivity contribution is 6.35. The van der Waals surface area contributed by atoms with Crippen LogP contribution in [0.3, 0.4) is 0 Å². The normalized spacial score (nSPS) is 14.8. The van der Waals surface area contributed by atoms with E-state index in [9.17, 15) is 4.79 Å². The van der Waals surface area contributed by atoms with Crippen LogP contribution in [0.25, 0.3) is 0 Å². The Hall–Kier alpha value is -2.34. The molecule has 28 heavy (non-hydrogen) atoms. The topological polar surface area (TPSA) is 62.1 Å². The first kappa shape index (κ1) is 22.0. The number of rotatable bonds is 7. The fourth-order valence-corrected chi connectivity index (χ4v) is 3.16. The summed E-state index contributed by atoms with van der Waals surface area (Å²) in [7, 11) is 0. The fourth-order valence-electron chi connectivity index (χ4n) is 2.94. The van der Waals surface area contributed by atoms with Gasteiger partial charge in [-0.1, -0.05) is 71.4 Å². The molecule has 1 heterocycles. The summed E-state index contributed by atoms with van der Waals surface area (Å²) in [5.41, 5.74) is 2.83. The van der Waals surface area contributed by atoms with Crippen LogP contribution >= 0.6 is 24.0 Å². The number of carbonyl (C=O) groups is 1. The van der Waals surface area contributed by atoms with E-state index in [1.54, 1.807) is 6.08 Å². The fraction of sp³-hybridized carbons (Fsp3) is 0.238. The van der Waals surface area contributed by atoms with Gasteiger partial charge in [-0.25, -0.2) is 4.79 Å². The van der Waals surface area contributed by atoms with Gasteiger partial charge in [0, 0.05) is 36.3 Å². The molecule has 0 atom stereocenters. The molecule has 0 fully saturated rings. The zero-order valence-corrected chi connectivity index (χ0v) is 16.8. The van der Waals surface area contributed by atoms with Crippen LogP contribution in [0.1, 0.15) is 17.5 Å². The molecule has 148 valence electrons. The van der Waals surface area contributed by atoms with Crippen molar-refractivity contribution < 1.29 is 14.7 Å². The lowest BCUT2D eigenvalue weighted by Gasteiger charge is -2.24. The van der Waals surface area contributed by atoms with Crippen LogP contribution < -0.4 is 0 Å². The number of benzene rings is 2. The summed E-state index contributed by atoms with van der Waals surface area (Å²) in [6.45, 7) is 2.23. The third-order valence-electron chi connectivity index (χ3n) is 4.34. The number of halogens is 2. The van der Waals surface area contributed by atoms with E-state index >= 15 is 0 Å². The van der Waals surface area contributed by atoms with Gasteiger partial charge in [0.05, 0.1) is 5.02 Å². The minimum absolute atomic E-state index is 0. The highest BCUT2D eigenvalue weighted by Crippen LogP contribution is 2.20. The minimum Gasteiger partial charge on any atom is -0.478 e. The molecule has 0 amide bonds. The van der Waals surface area contributed by atoms with Crippen molar-refractivity contribution in [1.29, 1.82) is 0 Å². The molecule has 0 saturated heterocycles. The van der Waals surface area contributed by atoms with Gasteiger partial charge in [0.2, 0.25) is 0 Å². The van der Waals surface area contributed by atoms with Crippen molar-refractivity contribution in [2.45, 2.75) is 6.42 Å². The van der Waals surface area contributed by atoms with E-state index in [2.05, 4.69) is 10.1 Å². The standard InChI is InChI=1S/C21H21ClN2O3.ClH/c22-19-11-5-4-10-18(19)20(16-7-2-1-3-8-16)23-27-14-13-24-12-6-9-17(15-24)21(25)26;/h1-5,7-11H,6,12-15H2,(H,25,26);1H/b23-20+;. The molecule has 0 aromatic heterocycles. The average Bonchev–Trinajstić information content (AvgIpc) is 2.70. The summed E-state index contributed by atoms with van der Waals surface area (Å²) in [5.74, 6) is -0.858. The molecular formula is C21H22Cl2N2O3. The molecule has 0 bridgehead atoms. The van der Waals surface area contributed by atoms with E-state index in [0.29, 0.717) is 36.0 Å². The third kappa shape index (κ3) is 5.83. The molecule has 1 aliphatic rings. The third-order valence-corrected chi connectivity index (χ3v) is 4.67. The van der Waals surface area contributed by atoms with E-state index in [1.165, 1.54) is 0 Å². The quantitative estimate of drug-likeness (QED) is 0.413. The molecule has 1 aliphatic heterocycles. The van der Waals surface area contributed by atoms with Crippen molar-refractivity contribution in [2.75, 3.05) is 26.2 Å². The van der Waals surface area contributed by atoms with Crippen LogP contribution in [0.4, 0.5) is 0 Å². The van der Waals surface area contributed by atoms with Crippen molar-refractivity contribution in [3.05, 3.63) is 82.4 Å². The van der Waals surface area contributed by atoms with Crippen LogP contribution in [0.5, 0.6) is 0 Å². The summed E-state index contributed by atoms with van der Waals surface area (Å²) in [5, 5.41) is 14.1. The van der Waals surface area contributed by atoms with Gasteiger partial charge in [-0.05, 0) is 12.5 Å². The highest BCUT2D eigenvalue weighted by Gasteiger charge is 2.17. The average molecular weight is 421 g/mol. The molecule has 2 aromatic rings. The van der Waals surface area contributed by atoms with Gasteiger partial charge in [-0.2, -0.15) is 0 Å².